The number of carbonyl (C=O) groups excluding carboxylic acids is 1. The Hall–Kier alpha value is -2.03. The first-order valence-electron chi connectivity index (χ1n) is 9.48. The second-order valence-electron chi connectivity index (χ2n) is 7.23. The molecule has 1 unspecified atom stereocenters. The predicted molar refractivity (Wildman–Crippen MR) is 102 cm³/mol. The van der Waals surface area contributed by atoms with Crippen molar-refractivity contribution in [3.05, 3.63) is 23.3 Å². The molecule has 3 rings (SSSR count). The molecule has 0 saturated carbocycles. The van der Waals surface area contributed by atoms with Gasteiger partial charge in [-0.15, -0.1) is 0 Å². The van der Waals surface area contributed by atoms with E-state index in [0.717, 1.165) is 29.8 Å². The summed E-state index contributed by atoms with van der Waals surface area (Å²) in [6.07, 6.45) is 4.76. The number of nitrogens with zero attached hydrogens (tertiary/aromatic N) is 5. The fourth-order valence-corrected chi connectivity index (χ4v) is 5.48. The summed E-state index contributed by atoms with van der Waals surface area (Å²) in [4.78, 5) is 23.3. The first-order valence-corrected chi connectivity index (χ1v) is 11.3. The molecule has 0 aliphatic carbocycles. The predicted octanol–water partition coefficient (Wildman–Crippen LogP) is 1.49. The number of rotatable bonds is 7. The quantitative estimate of drug-likeness (QED) is 0.707. The average molecular weight is 394 g/mol. The van der Waals surface area contributed by atoms with Crippen LogP contribution >= 0.6 is 0 Å². The van der Waals surface area contributed by atoms with Crippen molar-refractivity contribution in [2.75, 3.05) is 18.1 Å². The molecular weight excluding hydrogens is 366 g/mol. The topological polar surface area (TPSA) is 97.5 Å². The number of amides is 1. The molecule has 2 aromatic heterocycles. The summed E-state index contributed by atoms with van der Waals surface area (Å²) >= 11 is 0. The lowest BCUT2D eigenvalue weighted by molar-refractivity contribution is -0.133. The van der Waals surface area contributed by atoms with Gasteiger partial charge in [-0.1, -0.05) is 13.3 Å². The number of fused-ring (bicyclic) bond motifs is 1. The summed E-state index contributed by atoms with van der Waals surface area (Å²) in [6, 6.07) is -0.188. The molecule has 1 saturated heterocycles. The fraction of sp³-hybridized carbons (Fsp3) is 0.667. The highest BCUT2D eigenvalue weighted by Crippen LogP contribution is 2.21. The minimum Gasteiger partial charge on any atom is -0.339 e. The van der Waals surface area contributed by atoms with E-state index in [9.17, 15) is 13.2 Å². The molecule has 0 spiro atoms. The molecule has 1 aliphatic rings. The maximum atomic E-state index is 12.9. The summed E-state index contributed by atoms with van der Waals surface area (Å²) in [5, 5.41) is 4.18. The first-order chi connectivity index (χ1) is 12.8. The summed E-state index contributed by atoms with van der Waals surface area (Å²) in [6.45, 7) is 6.56. The van der Waals surface area contributed by atoms with E-state index in [2.05, 4.69) is 22.0 Å². The number of hydrogen-bond donors (Lipinski definition) is 0. The molecule has 2 aromatic rings. The Morgan fingerprint density at radius 2 is 2.15 bits per heavy atom. The van der Waals surface area contributed by atoms with E-state index in [1.807, 2.05) is 13.8 Å². The minimum atomic E-state index is -3.02. The largest absolute Gasteiger partial charge is 0.339 e. The van der Waals surface area contributed by atoms with Crippen molar-refractivity contribution in [3.8, 4) is 0 Å². The van der Waals surface area contributed by atoms with Crippen LogP contribution in [0.15, 0.2) is 6.33 Å². The van der Waals surface area contributed by atoms with Crippen molar-refractivity contribution in [2.45, 2.75) is 58.9 Å². The van der Waals surface area contributed by atoms with Crippen LogP contribution in [-0.4, -0.2) is 62.9 Å². The van der Waals surface area contributed by atoms with Gasteiger partial charge >= 0.3 is 0 Å². The van der Waals surface area contributed by atoms with Crippen molar-refractivity contribution in [1.29, 1.82) is 0 Å². The normalized spacial score (nSPS) is 18.9. The van der Waals surface area contributed by atoms with Gasteiger partial charge in [0.05, 0.1) is 11.5 Å². The van der Waals surface area contributed by atoms with Gasteiger partial charge in [-0.05, 0) is 38.7 Å². The van der Waals surface area contributed by atoms with Crippen molar-refractivity contribution in [3.63, 3.8) is 0 Å². The van der Waals surface area contributed by atoms with E-state index in [4.69, 9.17) is 0 Å². The molecule has 1 fully saturated rings. The zero-order valence-electron chi connectivity index (χ0n) is 16.2. The zero-order chi connectivity index (χ0) is 19.6. The van der Waals surface area contributed by atoms with Crippen molar-refractivity contribution >= 4 is 21.5 Å². The van der Waals surface area contributed by atoms with Crippen LogP contribution in [0, 0.1) is 13.8 Å². The summed E-state index contributed by atoms with van der Waals surface area (Å²) in [5.41, 5.74) is 2.78. The first kappa shape index (κ1) is 19.7. The maximum Gasteiger partial charge on any atom is 0.252 e. The van der Waals surface area contributed by atoms with Crippen LogP contribution in [0.4, 0.5) is 0 Å². The van der Waals surface area contributed by atoms with Crippen LogP contribution in [0.5, 0.6) is 0 Å². The fourth-order valence-electron chi connectivity index (χ4n) is 3.75. The molecule has 148 valence electrons. The molecule has 1 atom stereocenters. The van der Waals surface area contributed by atoms with Crippen molar-refractivity contribution in [1.82, 2.24) is 24.5 Å². The Labute approximate surface area is 159 Å². The van der Waals surface area contributed by atoms with Crippen LogP contribution in [0.1, 0.15) is 49.6 Å². The van der Waals surface area contributed by atoms with E-state index in [0.29, 0.717) is 31.6 Å². The van der Waals surface area contributed by atoms with E-state index in [-0.39, 0.29) is 23.5 Å². The van der Waals surface area contributed by atoms with Crippen molar-refractivity contribution < 1.29 is 13.2 Å². The Kier molecular flexibility index (Phi) is 5.78. The van der Waals surface area contributed by atoms with Gasteiger partial charge in [0.25, 0.3) is 5.78 Å². The SMILES string of the molecule is CCCCN(C(=O)CCc1c(C)nc2ncnn2c1C)C1CCS(=O)(=O)C1. The molecule has 0 N–H and O–H groups in total. The van der Waals surface area contributed by atoms with Gasteiger partial charge in [-0.2, -0.15) is 10.1 Å². The third kappa shape index (κ3) is 4.28. The smallest absolute Gasteiger partial charge is 0.252 e. The van der Waals surface area contributed by atoms with Crippen molar-refractivity contribution in [2.24, 2.45) is 0 Å². The van der Waals surface area contributed by atoms with Crippen LogP contribution < -0.4 is 0 Å². The summed E-state index contributed by atoms with van der Waals surface area (Å²) in [5.74, 6) is 0.843. The number of aryl methyl sites for hydroxylation is 2. The lowest BCUT2D eigenvalue weighted by Gasteiger charge is -2.28. The summed E-state index contributed by atoms with van der Waals surface area (Å²) in [7, 11) is -3.02. The second kappa shape index (κ2) is 7.92. The van der Waals surface area contributed by atoms with E-state index < -0.39 is 9.84 Å². The van der Waals surface area contributed by atoms with Gasteiger partial charge in [0, 0.05) is 30.4 Å². The third-order valence-electron chi connectivity index (χ3n) is 5.30. The average Bonchev–Trinajstić information content (AvgIpc) is 3.21. The van der Waals surface area contributed by atoms with E-state index in [1.54, 1.807) is 9.42 Å². The monoisotopic (exact) mass is 393 g/mol. The summed E-state index contributed by atoms with van der Waals surface area (Å²) < 4.78 is 25.4. The van der Waals surface area contributed by atoms with Crippen LogP contribution in [0.2, 0.25) is 0 Å². The molecule has 8 nitrogen and oxygen atoms in total. The van der Waals surface area contributed by atoms with Gasteiger partial charge < -0.3 is 4.90 Å². The Morgan fingerprint density at radius 3 is 2.81 bits per heavy atom. The van der Waals surface area contributed by atoms with Gasteiger partial charge in [-0.25, -0.2) is 17.9 Å². The number of carbonyl (C=O) groups is 1. The van der Waals surface area contributed by atoms with E-state index in [1.165, 1.54) is 6.33 Å². The zero-order valence-corrected chi connectivity index (χ0v) is 17.0. The van der Waals surface area contributed by atoms with Gasteiger partial charge in [-0.3, -0.25) is 4.79 Å². The Bertz CT molecular complexity index is 938. The lowest BCUT2D eigenvalue weighted by atomic mass is 10.1. The highest BCUT2D eigenvalue weighted by atomic mass is 32.2. The molecule has 1 amide bonds. The Morgan fingerprint density at radius 1 is 1.37 bits per heavy atom. The molecule has 27 heavy (non-hydrogen) atoms. The molecule has 3 heterocycles. The Balaban J connectivity index is 1.74. The highest BCUT2D eigenvalue weighted by molar-refractivity contribution is 7.91. The molecule has 9 heteroatoms. The number of unbranched alkanes of at least 4 members (excludes halogenated alkanes) is 1. The van der Waals surface area contributed by atoms with Crippen LogP contribution in [0.25, 0.3) is 5.78 Å². The molecular formula is C18H27N5O3S. The molecule has 0 bridgehead atoms. The number of sulfone groups is 1. The standard InChI is InChI=1S/C18H27N5O3S/c1-4-5-9-22(15-8-10-27(25,26)11-15)17(24)7-6-16-13(2)21-18-19-12-20-23(18)14(16)3/h12,15H,4-11H2,1-3H3. The molecule has 1 aliphatic heterocycles. The minimum absolute atomic E-state index is 0.0167. The van der Waals surface area contributed by atoms with Gasteiger partial charge in [0.15, 0.2) is 9.84 Å². The molecule has 0 aromatic carbocycles. The number of hydrogen-bond acceptors (Lipinski definition) is 6. The van der Waals surface area contributed by atoms with Gasteiger partial charge in [0.1, 0.15) is 6.33 Å². The maximum absolute atomic E-state index is 12.9. The number of aromatic nitrogens is 4. The second-order valence-corrected chi connectivity index (χ2v) is 9.46. The highest BCUT2D eigenvalue weighted by Gasteiger charge is 2.34. The molecule has 0 radical (unpaired) electrons. The lowest BCUT2D eigenvalue weighted by Crippen LogP contribution is -2.42. The van der Waals surface area contributed by atoms with Crippen LogP contribution in [0.3, 0.4) is 0 Å². The van der Waals surface area contributed by atoms with E-state index >= 15 is 0 Å². The third-order valence-corrected chi connectivity index (χ3v) is 7.05. The van der Waals surface area contributed by atoms with Crippen LogP contribution in [-0.2, 0) is 21.1 Å². The van der Waals surface area contributed by atoms with Gasteiger partial charge in [0.2, 0.25) is 5.91 Å².